The number of nitrogens with one attached hydrogen (secondary N) is 4. The van der Waals surface area contributed by atoms with Gasteiger partial charge in [0.25, 0.3) is 0 Å². The molecule has 236 valence electrons. The Kier molecular flexibility index (Phi) is 9.20. The fourth-order valence-corrected chi connectivity index (χ4v) is 6.33. The van der Waals surface area contributed by atoms with Crippen molar-refractivity contribution in [1.82, 2.24) is 19.9 Å². The van der Waals surface area contributed by atoms with Gasteiger partial charge in [-0.1, -0.05) is 12.7 Å². The first kappa shape index (κ1) is 31.7. The van der Waals surface area contributed by atoms with E-state index in [1.165, 1.54) is 14.2 Å². The van der Waals surface area contributed by atoms with E-state index in [1.807, 2.05) is 6.08 Å². The maximum absolute atomic E-state index is 12.2. The second kappa shape index (κ2) is 13.1. The third-order valence-electron chi connectivity index (χ3n) is 9.06. The number of hydrogen-bond acceptors (Lipinski definition) is 5. The zero-order chi connectivity index (χ0) is 32.4. The third-order valence-corrected chi connectivity index (χ3v) is 9.06. The SMILES string of the molecule is C=Cc1c2[nH]c(c1C)C=c1[nH]c(c(C)c1CCO)=Cc1[nH]c(c(CCC(=O)OC)c1C)C=c1[nH]c(c(C)c1CCC(=O)OC)=C2. The molecule has 1 aliphatic heterocycles. The Morgan fingerprint density at radius 1 is 0.644 bits per heavy atom. The van der Waals surface area contributed by atoms with Gasteiger partial charge in [0.05, 0.1) is 14.2 Å². The van der Waals surface area contributed by atoms with Gasteiger partial charge in [0.1, 0.15) is 0 Å². The van der Waals surface area contributed by atoms with Crippen LogP contribution in [0.2, 0.25) is 0 Å². The average molecular weight is 611 g/mol. The van der Waals surface area contributed by atoms with Gasteiger partial charge >= 0.3 is 11.9 Å². The van der Waals surface area contributed by atoms with Crippen LogP contribution in [0.3, 0.4) is 0 Å². The summed E-state index contributed by atoms with van der Waals surface area (Å²) in [5.74, 6) is -0.545. The molecule has 5 heterocycles. The van der Waals surface area contributed by atoms with Crippen LogP contribution in [0.1, 0.15) is 80.1 Å². The van der Waals surface area contributed by atoms with Crippen LogP contribution >= 0.6 is 0 Å². The first-order valence-corrected chi connectivity index (χ1v) is 15.2. The lowest BCUT2D eigenvalue weighted by molar-refractivity contribution is -0.141. The predicted molar refractivity (Wildman–Crippen MR) is 176 cm³/mol. The minimum Gasteiger partial charge on any atom is -0.469 e. The van der Waals surface area contributed by atoms with Gasteiger partial charge in [0.15, 0.2) is 0 Å². The van der Waals surface area contributed by atoms with Crippen molar-refractivity contribution in [2.75, 3.05) is 20.8 Å². The number of ether oxygens (including phenoxy) is 2. The molecule has 8 bridgehead atoms. The summed E-state index contributed by atoms with van der Waals surface area (Å²) in [5, 5.41) is 13.6. The molecule has 45 heavy (non-hydrogen) atoms. The molecule has 0 saturated carbocycles. The highest BCUT2D eigenvalue weighted by molar-refractivity contribution is 5.73. The highest BCUT2D eigenvalue weighted by atomic mass is 16.5. The van der Waals surface area contributed by atoms with Crippen molar-refractivity contribution in [3.63, 3.8) is 0 Å². The molecule has 5 rings (SSSR count). The summed E-state index contributed by atoms with van der Waals surface area (Å²) in [4.78, 5) is 38.8. The summed E-state index contributed by atoms with van der Waals surface area (Å²) < 4.78 is 9.91. The molecule has 0 amide bonds. The lowest BCUT2D eigenvalue weighted by atomic mass is 10.0. The van der Waals surface area contributed by atoms with Gasteiger partial charge in [-0.15, -0.1) is 0 Å². The number of H-pyrrole nitrogens is 4. The Bertz CT molecular complexity index is 2050. The van der Waals surface area contributed by atoms with E-state index in [1.54, 1.807) is 0 Å². The number of aromatic amines is 4. The van der Waals surface area contributed by atoms with E-state index in [4.69, 9.17) is 9.47 Å². The van der Waals surface area contributed by atoms with E-state index >= 15 is 0 Å². The molecule has 0 fully saturated rings. The van der Waals surface area contributed by atoms with E-state index in [0.717, 1.165) is 88.7 Å². The number of fused-ring (bicyclic) bond motifs is 8. The molecule has 5 N–H and O–H groups in total. The van der Waals surface area contributed by atoms with Gasteiger partial charge in [-0.2, -0.15) is 0 Å². The Hall–Kier alpha value is -4.76. The minimum absolute atomic E-state index is 0.0322. The second-order valence-corrected chi connectivity index (χ2v) is 11.6. The van der Waals surface area contributed by atoms with Crippen molar-refractivity contribution in [2.24, 2.45) is 0 Å². The monoisotopic (exact) mass is 610 g/mol. The fraction of sp³-hybridized carbons (Fsp3) is 0.333. The standard InChI is InChI=1S/C36H42N4O5/c1-8-23-19(2)29-17-32-26(13-14-41)22(5)28(38-32)15-27-20(3)24(9-11-35(42)44-6)33(39-27)18-34-25(10-12-36(43)45-7)21(4)30(40-34)16-31(23)37-29/h8,15-18,37-41H,1,9-14H2,2-7H3. The molecule has 9 nitrogen and oxygen atoms in total. The summed E-state index contributed by atoms with van der Waals surface area (Å²) >= 11 is 0. The molecular weight excluding hydrogens is 568 g/mol. The number of carbonyl (C=O) groups is 2. The number of hydrogen-bond donors (Lipinski definition) is 5. The Balaban J connectivity index is 1.88. The van der Waals surface area contributed by atoms with Crippen LogP contribution in [0, 0.1) is 27.7 Å². The van der Waals surface area contributed by atoms with E-state index in [9.17, 15) is 14.7 Å². The van der Waals surface area contributed by atoms with Crippen LogP contribution < -0.4 is 21.4 Å². The highest BCUT2D eigenvalue weighted by Gasteiger charge is 2.18. The van der Waals surface area contributed by atoms with E-state index in [2.05, 4.69) is 78.5 Å². The fourth-order valence-electron chi connectivity index (χ4n) is 6.33. The first-order valence-electron chi connectivity index (χ1n) is 15.2. The number of aliphatic hydroxyl groups is 1. The Morgan fingerprint density at radius 2 is 1.11 bits per heavy atom. The molecular formula is C36H42N4O5. The second-order valence-electron chi connectivity index (χ2n) is 11.6. The quantitative estimate of drug-likeness (QED) is 0.163. The van der Waals surface area contributed by atoms with Crippen LogP contribution in [-0.4, -0.2) is 57.8 Å². The zero-order valence-corrected chi connectivity index (χ0v) is 26.9. The van der Waals surface area contributed by atoms with Gasteiger partial charge in [-0.3, -0.25) is 9.59 Å². The summed E-state index contributed by atoms with van der Waals surface area (Å²) in [6.07, 6.45) is 12.2. The molecule has 0 radical (unpaired) electrons. The smallest absolute Gasteiger partial charge is 0.305 e. The van der Waals surface area contributed by atoms with Crippen LogP contribution in [0.5, 0.6) is 0 Å². The van der Waals surface area contributed by atoms with Crippen LogP contribution in [0.25, 0.3) is 30.4 Å². The molecule has 0 saturated heterocycles. The first-order chi connectivity index (χ1) is 21.6. The summed E-state index contributed by atoms with van der Waals surface area (Å²) in [6, 6.07) is 0. The molecule has 0 aromatic carbocycles. The van der Waals surface area contributed by atoms with Gasteiger partial charge in [0, 0.05) is 69.2 Å². The molecule has 9 heteroatoms. The number of aromatic nitrogens is 4. The van der Waals surface area contributed by atoms with Crippen LogP contribution in [0.4, 0.5) is 0 Å². The maximum atomic E-state index is 12.2. The van der Waals surface area contributed by atoms with Gasteiger partial charge in [0.2, 0.25) is 0 Å². The number of rotatable bonds is 9. The summed E-state index contributed by atoms with van der Waals surface area (Å²) in [6.45, 7) is 12.4. The normalized spacial score (nSPS) is 12.1. The molecule has 1 aliphatic rings. The third kappa shape index (κ3) is 6.13. The predicted octanol–water partition coefficient (Wildman–Crippen LogP) is 2.25. The van der Waals surface area contributed by atoms with Crippen molar-refractivity contribution >= 4 is 42.3 Å². The Labute approximate surface area is 262 Å². The lowest BCUT2D eigenvalue weighted by Gasteiger charge is -2.03. The Morgan fingerprint density at radius 3 is 1.67 bits per heavy atom. The summed E-state index contributed by atoms with van der Waals surface area (Å²) in [7, 11) is 2.80. The lowest BCUT2D eigenvalue weighted by Crippen LogP contribution is -2.14. The largest absolute Gasteiger partial charge is 0.469 e. The van der Waals surface area contributed by atoms with Crippen molar-refractivity contribution in [3.8, 4) is 0 Å². The molecule has 0 spiro atoms. The van der Waals surface area contributed by atoms with E-state index < -0.39 is 0 Å². The van der Waals surface area contributed by atoms with Crippen molar-refractivity contribution in [2.45, 2.75) is 59.8 Å². The molecule has 4 aromatic rings. The minimum atomic E-state index is -0.274. The molecule has 0 unspecified atom stereocenters. The number of carbonyl (C=O) groups excluding carboxylic acids is 2. The number of esters is 2. The highest BCUT2D eigenvalue weighted by Crippen LogP contribution is 2.24. The van der Waals surface area contributed by atoms with Gasteiger partial charge in [-0.25, -0.2) is 0 Å². The summed E-state index contributed by atoms with van der Waals surface area (Å²) in [5.41, 5.74) is 11.9. The maximum Gasteiger partial charge on any atom is 0.305 e. The molecule has 0 aliphatic carbocycles. The van der Waals surface area contributed by atoms with Gasteiger partial charge in [-0.05, 0) is 110 Å². The zero-order valence-electron chi connectivity index (χ0n) is 26.9. The van der Waals surface area contributed by atoms with E-state index in [-0.39, 0.29) is 31.4 Å². The number of aliphatic hydroxyl groups excluding tert-OH is 1. The van der Waals surface area contributed by atoms with Crippen molar-refractivity contribution in [3.05, 3.63) is 95.3 Å². The van der Waals surface area contributed by atoms with Crippen molar-refractivity contribution < 1.29 is 24.2 Å². The van der Waals surface area contributed by atoms with E-state index in [0.29, 0.717) is 19.3 Å². The molecule has 4 aromatic heterocycles. The van der Waals surface area contributed by atoms with Crippen LogP contribution in [0.15, 0.2) is 6.58 Å². The number of methoxy groups -OCH3 is 2. The molecule has 0 atom stereocenters. The van der Waals surface area contributed by atoms with Crippen molar-refractivity contribution in [1.29, 1.82) is 0 Å². The topological polar surface area (TPSA) is 136 Å². The average Bonchev–Trinajstić information content (AvgIpc) is 3.68. The van der Waals surface area contributed by atoms with Gasteiger partial charge < -0.3 is 34.5 Å². The van der Waals surface area contributed by atoms with Crippen LogP contribution in [-0.2, 0) is 38.3 Å².